The van der Waals surface area contributed by atoms with Crippen molar-refractivity contribution in [2.45, 2.75) is 32.5 Å². The van der Waals surface area contributed by atoms with Crippen molar-refractivity contribution >= 4 is 17.6 Å². The van der Waals surface area contributed by atoms with Crippen molar-refractivity contribution in [3.8, 4) is 22.7 Å². The highest BCUT2D eigenvalue weighted by atomic mass is 19.4. The molecule has 34 heavy (non-hydrogen) atoms. The number of hydrogen-bond donors (Lipinski definition) is 2. The highest BCUT2D eigenvalue weighted by Gasteiger charge is 2.31. The standard InChI is InChI=1S/C24H23F3N4O3/c1-2-5-15-6-3-7-16(10-15)20-13-21(29-23(33)17-11-22(32)28-14-17)30-31(20)18-8-4-9-19(12-18)34-24(25,26)27/h3-4,6-10,12-13,17H,2,5,11,14H2,1H3,(H,28,32)(H,29,30,33)/t17-/m0/s1. The van der Waals surface area contributed by atoms with E-state index in [0.29, 0.717) is 11.4 Å². The van der Waals surface area contributed by atoms with Crippen LogP contribution in [-0.2, 0) is 16.0 Å². The van der Waals surface area contributed by atoms with Crippen molar-refractivity contribution in [3.63, 3.8) is 0 Å². The SMILES string of the molecule is CCCc1cccc(-c2cc(NC(=O)[C@@H]3CNC(=O)C3)nn2-c2cccc(OC(F)(F)F)c2)c1. The Bertz CT molecular complexity index is 1210. The number of anilines is 1. The lowest BCUT2D eigenvalue weighted by molar-refractivity contribution is -0.274. The molecule has 7 nitrogen and oxygen atoms in total. The van der Waals surface area contributed by atoms with Gasteiger partial charge in [-0.3, -0.25) is 9.59 Å². The highest BCUT2D eigenvalue weighted by Crippen LogP contribution is 2.30. The van der Waals surface area contributed by atoms with Crippen LogP contribution in [0.2, 0.25) is 0 Å². The topological polar surface area (TPSA) is 85.3 Å². The Morgan fingerprint density at radius 2 is 2.00 bits per heavy atom. The summed E-state index contributed by atoms with van der Waals surface area (Å²) in [5.74, 6) is -1.23. The van der Waals surface area contributed by atoms with Gasteiger partial charge in [0.2, 0.25) is 11.8 Å². The number of alkyl halides is 3. The number of benzene rings is 2. The minimum atomic E-state index is -4.83. The van der Waals surface area contributed by atoms with Crippen LogP contribution in [0.5, 0.6) is 5.75 Å². The van der Waals surface area contributed by atoms with Crippen molar-refractivity contribution in [2.24, 2.45) is 5.92 Å². The number of hydrogen-bond acceptors (Lipinski definition) is 4. The predicted octanol–water partition coefficient (Wildman–Crippen LogP) is 4.47. The van der Waals surface area contributed by atoms with Gasteiger partial charge in [-0.1, -0.05) is 37.6 Å². The van der Waals surface area contributed by atoms with Crippen LogP contribution in [-0.4, -0.2) is 34.5 Å². The van der Waals surface area contributed by atoms with Crippen LogP contribution in [0, 0.1) is 5.92 Å². The summed E-state index contributed by atoms with van der Waals surface area (Å²) >= 11 is 0. The maximum absolute atomic E-state index is 12.7. The normalized spacial score (nSPS) is 15.8. The van der Waals surface area contributed by atoms with E-state index in [9.17, 15) is 22.8 Å². The number of carbonyl (C=O) groups excluding carboxylic acids is 2. The molecule has 2 N–H and O–H groups in total. The molecule has 1 aliphatic heterocycles. The lowest BCUT2D eigenvalue weighted by atomic mass is 10.0. The molecule has 178 valence electrons. The van der Waals surface area contributed by atoms with Crippen LogP contribution < -0.4 is 15.4 Å². The van der Waals surface area contributed by atoms with Crippen LogP contribution in [0.25, 0.3) is 16.9 Å². The van der Waals surface area contributed by atoms with Gasteiger partial charge in [0, 0.05) is 30.7 Å². The second-order valence-corrected chi connectivity index (χ2v) is 8.02. The average molecular weight is 472 g/mol. The third-order valence-corrected chi connectivity index (χ3v) is 5.37. The summed E-state index contributed by atoms with van der Waals surface area (Å²) < 4.78 is 43.7. The Hall–Kier alpha value is -3.82. The smallest absolute Gasteiger partial charge is 0.406 e. The predicted molar refractivity (Wildman–Crippen MR) is 119 cm³/mol. The third-order valence-electron chi connectivity index (χ3n) is 5.37. The van der Waals surface area contributed by atoms with Crippen molar-refractivity contribution < 1.29 is 27.5 Å². The second kappa shape index (κ2) is 9.58. The van der Waals surface area contributed by atoms with Gasteiger partial charge in [0.05, 0.1) is 17.3 Å². The monoisotopic (exact) mass is 472 g/mol. The number of nitrogens with zero attached hydrogens (tertiary/aromatic N) is 2. The van der Waals surface area contributed by atoms with E-state index in [1.807, 2.05) is 24.3 Å². The number of ether oxygens (including phenoxy) is 1. The maximum atomic E-state index is 12.7. The molecule has 0 unspecified atom stereocenters. The third kappa shape index (κ3) is 5.56. The molecule has 10 heteroatoms. The molecule has 0 spiro atoms. The first kappa shape index (κ1) is 23.3. The average Bonchev–Trinajstić information content (AvgIpc) is 3.40. The Labute approximate surface area is 193 Å². The number of halogens is 3. The van der Waals surface area contributed by atoms with Gasteiger partial charge in [-0.15, -0.1) is 18.3 Å². The molecule has 2 aromatic carbocycles. The van der Waals surface area contributed by atoms with Gasteiger partial charge in [0.15, 0.2) is 5.82 Å². The number of aryl methyl sites for hydroxylation is 1. The molecule has 1 aromatic heterocycles. The van der Waals surface area contributed by atoms with Crippen molar-refractivity contribution in [3.05, 3.63) is 60.2 Å². The summed E-state index contributed by atoms with van der Waals surface area (Å²) in [5, 5.41) is 9.78. The Morgan fingerprint density at radius 3 is 2.71 bits per heavy atom. The van der Waals surface area contributed by atoms with E-state index < -0.39 is 12.3 Å². The van der Waals surface area contributed by atoms with Gasteiger partial charge >= 0.3 is 6.36 Å². The van der Waals surface area contributed by atoms with Crippen LogP contribution in [0.4, 0.5) is 19.0 Å². The Morgan fingerprint density at radius 1 is 1.21 bits per heavy atom. The number of amides is 2. The van der Waals surface area contributed by atoms with E-state index >= 15 is 0 Å². The molecule has 2 amide bonds. The fourth-order valence-electron chi connectivity index (χ4n) is 3.85. The van der Waals surface area contributed by atoms with Gasteiger partial charge in [0.1, 0.15) is 5.75 Å². The van der Waals surface area contributed by atoms with Crippen molar-refractivity contribution in [1.29, 1.82) is 0 Å². The molecule has 0 bridgehead atoms. The van der Waals surface area contributed by atoms with Crippen LogP contribution >= 0.6 is 0 Å². The zero-order valence-electron chi connectivity index (χ0n) is 18.4. The second-order valence-electron chi connectivity index (χ2n) is 8.02. The van der Waals surface area contributed by atoms with Gasteiger partial charge in [0.25, 0.3) is 0 Å². The van der Waals surface area contributed by atoms with E-state index in [2.05, 4.69) is 27.4 Å². The molecule has 4 rings (SSSR count). The van der Waals surface area contributed by atoms with E-state index in [-0.39, 0.29) is 36.3 Å². The molecule has 3 aromatic rings. The van der Waals surface area contributed by atoms with E-state index in [0.717, 1.165) is 24.0 Å². The number of carbonyl (C=O) groups is 2. The minimum absolute atomic E-state index is 0.0925. The van der Waals surface area contributed by atoms with E-state index in [4.69, 9.17) is 0 Å². The summed E-state index contributed by atoms with van der Waals surface area (Å²) in [4.78, 5) is 24.1. The van der Waals surface area contributed by atoms with Crippen LogP contribution in [0.15, 0.2) is 54.6 Å². The zero-order valence-corrected chi connectivity index (χ0v) is 18.4. The molecule has 0 aliphatic carbocycles. The van der Waals surface area contributed by atoms with Gasteiger partial charge in [-0.2, -0.15) is 0 Å². The number of rotatable bonds is 7. The summed E-state index contributed by atoms with van der Waals surface area (Å²) in [6, 6.07) is 14.9. The summed E-state index contributed by atoms with van der Waals surface area (Å²) in [7, 11) is 0. The first-order valence-electron chi connectivity index (χ1n) is 10.8. The quantitative estimate of drug-likeness (QED) is 0.532. The molecule has 0 saturated carbocycles. The van der Waals surface area contributed by atoms with Gasteiger partial charge in [-0.25, -0.2) is 4.68 Å². The molecule has 1 aliphatic rings. The highest BCUT2D eigenvalue weighted by molar-refractivity contribution is 5.97. The van der Waals surface area contributed by atoms with Gasteiger partial charge in [-0.05, 0) is 30.2 Å². The largest absolute Gasteiger partial charge is 0.573 e. The van der Waals surface area contributed by atoms with Crippen LogP contribution in [0.1, 0.15) is 25.3 Å². The van der Waals surface area contributed by atoms with Gasteiger partial charge < -0.3 is 15.4 Å². The summed E-state index contributed by atoms with van der Waals surface area (Å²) in [6.45, 7) is 2.31. The molecular weight excluding hydrogens is 449 g/mol. The molecule has 1 saturated heterocycles. The lowest BCUT2D eigenvalue weighted by Crippen LogP contribution is -2.24. The Kier molecular flexibility index (Phi) is 6.58. The van der Waals surface area contributed by atoms with Crippen molar-refractivity contribution in [1.82, 2.24) is 15.1 Å². The molecule has 1 atom stereocenters. The fourth-order valence-corrected chi connectivity index (χ4v) is 3.85. The zero-order chi connectivity index (χ0) is 24.3. The lowest BCUT2D eigenvalue weighted by Gasteiger charge is -2.12. The Balaban J connectivity index is 1.72. The fraction of sp³-hybridized carbons (Fsp3) is 0.292. The first-order valence-corrected chi connectivity index (χ1v) is 10.8. The van der Waals surface area contributed by atoms with E-state index in [1.165, 1.54) is 22.9 Å². The van der Waals surface area contributed by atoms with E-state index in [1.54, 1.807) is 12.1 Å². The summed E-state index contributed by atoms with van der Waals surface area (Å²) in [5.41, 5.74) is 2.80. The summed E-state index contributed by atoms with van der Waals surface area (Å²) in [6.07, 6.45) is -2.92. The first-order chi connectivity index (χ1) is 16.2. The number of nitrogens with one attached hydrogen (secondary N) is 2. The molecule has 1 fully saturated rings. The maximum Gasteiger partial charge on any atom is 0.573 e. The molecular formula is C24H23F3N4O3. The van der Waals surface area contributed by atoms with Crippen LogP contribution in [0.3, 0.4) is 0 Å². The molecule has 2 heterocycles. The molecule has 0 radical (unpaired) electrons. The minimum Gasteiger partial charge on any atom is -0.406 e. The number of aromatic nitrogens is 2. The van der Waals surface area contributed by atoms with Crippen molar-refractivity contribution in [2.75, 3.05) is 11.9 Å².